The van der Waals surface area contributed by atoms with Crippen molar-refractivity contribution in [1.29, 1.82) is 0 Å². The van der Waals surface area contributed by atoms with E-state index in [2.05, 4.69) is 0 Å². The van der Waals surface area contributed by atoms with Gasteiger partial charge in [0.2, 0.25) is 0 Å². The summed E-state index contributed by atoms with van der Waals surface area (Å²) in [5.41, 5.74) is 0. The second-order valence-corrected chi connectivity index (χ2v) is 5.34. The van der Waals surface area contributed by atoms with Crippen LogP contribution in [0.4, 0.5) is 0 Å². The van der Waals surface area contributed by atoms with Gasteiger partial charge in [-0.1, -0.05) is 171 Å². The Bertz CT molecular complexity index is 774. The highest BCUT2D eigenvalue weighted by molar-refractivity contribution is 5.23. The van der Waals surface area contributed by atoms with Gasteiger partial charge in [0.05, 0.1) is 0 Å². The standard InChI is InChI=1S/C29H31/c1-3-5-7-9-11-13-15-17-19-21-23-25-27-29-28-26-24-22-20-18-16-14-12-10-8-6-4-2/h1,3-29H,2H3. The minimum atomic E-state index is 1.50. The molecule has 0 amide bonds. The molecular weight excluding hydrogens is 348 g/mol. The number of rotatable bonds is 13. The predicted octanol–water partition coefficient (Wildman–Crippen LogP) is 8.23. The van der Waals surface area contributed by atoms with Crippen molar-refractivity contribution in [3.8, 4) is 0 Å². The van der Waals surface area contributed by atoms with Crippen molar-refractivity contribution in [2.75, 3.05) is 0 Å². The molecule has 0 spiro atoms. The lowest BCUT2D eigenvalue weighted by molar-refractivity contribution is 1.73. The average molecular weight is 380 g/mol. The summed E-state index contributed by atoms with van der Waals surface area (Å²) >= 11 is 0. The topological polar surface area (TPSA) is 0 Å². The summed E-state index contributed by atoms with van der Waals surface area (Å²) in [7, 11) is 0. The van der Waals surface area contributed by atoms with Crippen LogP contribution in [0.25, 0.3) is 0 Å². The maximum absolute atomic E-state index is 5.22. The molecule has 0 saturated heterocycles. The van der Waals surface area contributed by atoms with Gasteiger partial charge in [-0.25, -0.2) is 0 Å². The van der Waals surface area contributed by atoms with Gasteiger partial charge in [0, 0.05) is 0 Å². The second kappa shape index (κ2) is 24.4. The Kier molecular flexibility index (Phi) is 21.3. The van der Waals surface area contributed by atoms with Gasteiger partial charge in [-0.3, -0.25) is 0 Å². The van der Waals surface area contributed by atoms with Crippen molar-refractivity contribution in [3.63, 3.8) is 0 Å². The van der Waals surface area contributed by atoms with Crippen molar-refractivity contribution in [1.82, 2.24) is 0 Å². The Morgan fingerprint density at radius 2 is 0.448 bits per heavy atom. The monoisotopic (exact) mass is 379 g/mol. The first-order chi connectivity index (χ1) is 14.4. The van der Waals surface area contributed by atoms with Crippen molar-refractivity contribution in [2.24, 2.45) is 0 Å². The van der Waals surface area contributed by atoms with Crippen LogP contribution in [0.15, 0.2) is 164 Å². The summed E-state index contributed by atoms with van der Waals surface area (Å²) in [6, 6.07) is 0. The van der Waals surface area contributed by atoms with E-state index < -0.39 is 0 Å². The molecule has 0 bridgehead atoms. The molecule has 0 aliphatic heterocycles. The summed E-state index contributed by atoms with van der Waals surface area (Å²) in [4.78, 5) is 0. The SMILES string of the molecule is [CH]=CC=CC=CC=CC=CC=CC=CC=CC=CC=CC=CC=CC=CC=CC. The van der Waals surface area contributed by atoms with Crippen molar-refractivity contribution in [2.45, 2.75) is 6.92 Å². The molecule has 0 atom stereocenters. The van der Waals surface area contributed by atoms with Crippen molar-refractivity contribution < 1.29 is 0 Å². The summed E-state index contributed by atoms with van der Waals surface area (Å²) in [5, 5.41) is 0. The molecule has 0 aromatic heterocycles. The number of hydrogen-bond acceptors (Lipinski definition) is 0. The van der Waals surface area contributed by atoms with Crippen LogP contribution in [0.2, 0.25) is 0 Å². The van der Waals surface area contributed by atoms with Crippen LogP contribution in [-0.4, -0.2) is 0 Å². The molecule has 29 heavy (non-hydrogen) atoms. The van der Waals surface area contributed by atoms with E-state index in [4.69, 9.17) is 6.58 Å². The van der Waals surface area contributed by atoms with Gasteiger partial charge in [0.25, 0.3) is 0 Å². The Morgan fingerprint density at radius 1 is 0.276 bits per heavy atom. The molecule has 0 fully saturated rings. The third-order valence-corrected chi connectivity index (χ3v) is 2.97. The molecule has 0 N–H and O–H groups in total. The molecule has 0 saturated carbocycles. The Hall–Kier alpha value is -3.64. The Labute approximate surface area is 177 Å². The molecule has 147 valence electrons. The van der Waals surface area contributed by atoms with Crippen LogP contribution in [0.1, 0.15) is 6.92 Å². The predicted molar refractivity (Wildman–Crippen MR) is 133 cm³/mol. The normalized spacial score (nSPS) is 14.8. The van der Waals surface area contributed by atoms with E-state index in [0.29, 0.717) is 0 Å². The molecule has 0 aromatic rings. The fourth-order valence-corrected chi connectivity index (χ4v) is 1.65. The van der Waals surface area contributed by atoms with Crippen LogP contribution < -0.4 is 0 Å². The highest BCUT2D eigenvalue weighted by Crippen LogP contribution is 1.88. The Balaban J connectivity index is 3.96. The van der Waals surface area contributed by atoms with E-state index >= 15 is 0 Å². The summed E-state index contributed by atoms with van der Waals surface area (Å²) in [6.07, 6.45) is 52.8. The van der Waals surface area contributed by atoms with Crippen LogP contribution in [0.3, 0.4) is 0 Å². The van der Waals surface area contributed by atoms with Gasteiger partial charge in [-0.15, -0.1) is 0 Å². The van der Waals surface area contributed by atoms with Crippen LogP contribution in [-0.2, 0) is 0 Å². The van der Waals surface area contributed by atoms with E-state index in [-0.39, 0.29) is 0 Å². The summed E-state index contributed by atoms with van der Waals surface area (Å²) in [5.74, 6) is 0. The van der Waals surface area contributed by atoms with Gasteiger partial charge in [0.1, 0.15) is 0 Å². The maximum Gasteiger partial charge on any atom is -0.0467 e. The van der Waals surface area contributed by atoms with Gasteiger partial charge in [0.15, 0.2) is 0 Å². The van der Waals surface area contributed by atoms with E-state index in [9.17, 15) is 0 Å². The first kappa shape index (κ1) is 25.4. The second-order valence-electron chi connectivity index (χ2n) is 5.34. The summed E-state index contributed by atoms with van der Waals surface area (Å²) < 4.78 is 0. The fourth-order valence-electron chi connectivity index (χ4n) is 1.65. The molecule has 0 heterocycles. The molecule has 0 nitrogen and oxygen atoms in total. The zero-order valence-electron chi connectivity index (χ0n) is 17.2. The highest BCUT2D eigenvalue weighted by atomic mass is 13.7. The average Bonchev–Trinajstić information content (AvgIpc) is 2.74. The fraction of sp³-hybridized carbons (Fsp3) is 0.0345. The number of hydrogen-bond donors (Lipinski definition) is 0. The quantitative estimate of drug-likeness (QED) is 0.283. The van der Waals surface area contributed by atoms with Gasteiger partial charge < -0.3 is 0 Å². The van der Waals surface area contributed by atoms with Crippen molar-refractivity contribution in [3.05, 3.63) is 171 Å². The molecule has 1 radical (unpaired) electrons. The molecule has 0 unspecified atom stereocenters. The highest BCUT2D eigenvalue weighted by Gasteiger charge is 1.66. The Morgan fingerprint density at radius 3 is 0.621 bits per heavy atom. The lowest BCUT2D eigenvalue weighted by Crippen LogP contribution is -1.54. The molecule has 0 aliphatic rings. The zero-order chi connectivity index (χ0) is 21.1. The van der Waals surface area contributed by atoms with Crippen LogP contribution in [0, 0.1) is 6.58 Å². The molecular formula is C29H31. The first-order valence-corrected chi connectivity index (χ1v) is 9.58. The minimum Gasteiger partial charge on any atom is -0.0877 e. The van der Waals surface area contributed by atoms with E-state index in [1.807, 2.05) is 159 Å². The first-order valence-electron chi connectivity index (χ1n) is 9.58. The van der Waals surface area contributed by atoms with E-state index in [1.165, 1.54) is 6.08 Å². The van der Waals surface area contributed by atoms with Crippen LogP contribution >= 0.6 is 0 Å². The third kappa shape index (κ3) is 24.4. The lowest BCUT2D eigenvalue weighted by Gasteiger charge is -1.76. The van der Waals surface area contributed by atoms with E-state index in [1.54, 1.807) is 6.08 Å². The largest absolute Gasteiger partial charge is 0.0877 e. The van der Waals surface area contributed by atoms with Crippen LogP contribution in [0.5, 0.6) is 0 Å². The molecule has 0 aromatic carbocycles. The van der Waals surface area contributed by atoms with Gasteiger partial charge in [-0.05, 0) is 6.92 Å². The minimum absolute atomic E-state index is 1.50. The lowest BCUT2D eigenvalue weighted by atomic mass is 10.3. The van der Waals surface area contributed by atoms with Gasteiger partial charge in [-0.2, -0.15) is 0 Å². The maximum atomic E-state index is 5.22. The third-order valence-electron chi connectivity index (χ3n) is 2.97. The number of allylic oxidation sites excluding steroid dienone is 27. The molecule has 0 heteroatoms. The van der Waals surface area contributed by atoms with Gasteiger partial charge >= 0.3 is 0 Å². The summed E-state index contributed by atoms with van der Waals surface area (Å²) in [6.45, 7) is 7.22. The molecule has 0 rings (SSSR count). The zero-order valence-corrected chi connectivity index (χ0v) is 17.2. The van der Waals surface area contributed by atoms with E-state index in [0.717, 1.165) is 0 Å². The van der Waals surface area contributed by atoms with Crippen molar-refractivity contribution >= 4 is 0 Å². The molecule has 0 aliphatic carbocycles. The smallest absolute Gasteiger partial charge is 0.0467 e.